The average Bonchev–Trinajstić information content (AvgIpc) is 2.84. The van der Waals surface area contributed by atoms with Crippen LogP contribution in [0.25, 0.3) is 10.9 Å². The third kappa shape index (κ3) is 2.95. The van der Waals surface area contributed by atoms with Crippen LogP contribution in [-0.2, 0) is 12.0 Å². The van der Waals surface area contributed by atoms with Crippen LogP contribution in [0.1, 0.15) is 19.5 Å². The smallest absolute Gasteiger partial charge is 0.148 e. The first-order valence-corrected chi connectivity index (χ1v) is 7.25. The molecule has 0 aliphatic carbocycles. The Bertz CT molecular complexity index is 667. The van der Waals surface area contributed by atoms with Crippen molar-refractivity contribution in [1.82, 2.24) is 4.57 Å². The molecule has 0 radical (unpaired) electrons. The molecule has 1 aromatic carbocycles. The quantitative estimate of drug-likeness (QED) is 0.651. The van der Waals surface area contributed by atoms with E-state index >= 15 is 0 Å². The fourth-order valence-corrected chi connectivity index (χ4v) is 2.58. The predicted molar refractivity (Wildman–Crippen MR) is 84.6 cm³/mol. The molecule has 5 nitrogen and oxygen atoms in total. The average molecular weight is 310 g/mol. The van der Waals surface area contributed by atoms with E-state index < -0.39 is 11.5 Å². The van der Waals surface area contributed by atoms with Gasteiger partial charge < -0.3 is 25.2 Å². The summed E-state index contributed by atoms with van der Waals surface area (Å²) in [5.74, 6) is -0.388. The molecule has 0 saturated carbocycles. The summed E-state index contributed by atoms with van der Waals surface area (Å²) in [6.45, 7) is 3.42. The van der Waals surface area contributed by atoms with E-state index in [0.717, 1.165) is 11.1 Å². The summed E-state index contributed by atoms with van der Waals surface area (Å²) in [5, 5.41) is 32.1. The molecule has 22 heavy (non-hydrogen) atoms. The Labute approximate surface area is 129 Å². The van der Waals surface area contributed by atoms with E-state index in [1.807, 2.05) is 19.9 Å². The molecule has 0 aliphatic rings. The van der Waals surface area contributed by atoms with Crippen LogP contribution >= 0.6 is 0 Å². The summed E-state index contributed by atoms with van der Waals surface area (Å²) < 4.78 is 15.8. The van der Waals surface area contributed by atoms with Crippen molar-refractivity contribution >= 4 is 16.6 Å². The molecule has 0 bridgehead atoms. The maximum atomic E-state index is 14.1. The molecule has 2 aromatic rings. The van der Waals surface area contributed by atoms with E-state index in [1.165, 1.54) is 6.07 Å². The SMILES string of the molecule is CNc1cc2cc(C(C)(C)CO)n(CC(O)CO)c2cc1F. The molecule has 0 aliphatic heterocycles. The van der Waals surface area contributed by atoms with E-state index in [-0.39, 0.29) is 25.6 Å². The molecule has 0 fully saturated rings. The monoisotopic (exact) mass is 310 g/mol. The number of aliphatic hydroxyl groups excluding tert-OH is 3. The van der Waals surface area contributed by atoms with Crippen molar-refractivity contribution in [3.63, 3.8) is 0 Å². The van der Waals surface area contributed by atoms with Gasteiger partial charge in [-0.25, -0.2) is 4.39 Å². The zero-order valence-corrected chi connectivity index (χ0v) is 13.1. The zero-order chi connectivity index (χ0) is 16.5. The van der Waals surface area contributed by atoms with E-state index in [4.69, 9.17) is 5.11 Å². The molecule has 2 rings (SSSR count). The number of rotatable bonds is 6. The van der Waals surface area contributed by atoms with Crippen molar-refractivity contribution in [1.29, 1.82) is 0 Å². The van der Waals surface area contributed by atoms with Gasteiger partial charge in [-0.1, -0.05) is 13.8 Å². The van der Waals surface area contributed by atoms with E-state index in [1.54, 1.807) is 17.7 Å². The van der Waals surface area contributed by atoms with Gasteiger partial charge in [0.05, 0.1) is 37.1 Å². The number of aromatic nitrogens is 1. The Balaban J connectivity index is 2.69. The topological polar surface area (TPSA) is 77.7 Å². The molecule has 1 heterocycles. The third-order valence-electron chi connectivity index (χ3n) is 3.95. The van der Waals surface area contributed by atoms with Crippen LogP contribution < -0.4 is 5.32 Å². The summed E-state index contributed by atoms with van der Waals surface area (Å²) in [5.41, 5.74) is 1.25. The molecule has 0 amide bonds. The molecule has 1 atom stereocenters. The molecule has 6 heteroatoms. The van der Waals surface area contributed by atoms with Gasteiger partial charge in [0.15, 0.2) is 0 Å². The van der Waals surface area contributed by atoms with Crippen molar-refractivity contribution in [2.75, 3.05) is 25.6 Å². The fraction of sp³-hybridized carbons (Fsp3) is 0.500. The highest BCUT2D eigenvalue weighted by Gasteiger charge is 2.26. The van der Waals surface area contributed by atoms with Gasteiger partial charge in [0.2, 0.25) is 0 Å². The van der Waals surface area contributed by atoms with Gasteiger partial charge in [0.1, 0.15) is 5.82 Å². The Hall–Kier alpha value is -1.63. The Morgan fingerprint density at radius 2 is 1.95 bits per heavy atom. The van der Waals surface area contributed by atoms with Gasteiger partial charge in [0.25, 0.3) is 0 Å². The first kappa shape index (κ1) is 16.7. The van der Waals surface area contributed by atoms with E-state index in [9.17, 15) is 14.6 Å². The normalized spacial score (nSPS) is 13.6. The van der Waals surface area contributed by atoms with Crippen LogP contribution in [0.2, 0.25) is 0 Å². The minimum absolute atomic E-state index is 0.0834. The molecule has 1 unspecified atom stereocenters. The molecule has 122 valence electrons. The van der Waals surface area contributed by atoms with E-state index in [0.29, 0.717) is 11.2 Å². The minimum atomic E-state index is -0.948. The zero-order valence-electron chi connectivity index (χ0n) is 13.1. The Morgan fingerprint density at radius 3 is 2.50 bits per heavy atom. The Morgan fingerprint density at radius 1 is 1.27 bits per heavy atom. The first-order chi connectivity index (χ1) is 10.3. The second kappa shape index (κ2) is 6.24. The van der Waals surface area contributed by atoms with Gasteiger partial charge in [-0.2, -0.15) is 0 Å². The molecule has 4 N–H and O–H groups in total. The second-order valence-corrected chi connectivity index (χ2v) is 6.16. The number of hydrogen-bond donors (Lipinski definition) is 4. The van der Waals surface area contributed by atoms with Crippen molar-refractivity contribution in [2.24, 2.45) is 0 Å². The summed E-state index contributed by atoms with van der Waals surface area (Å²) in [6, 6.07) is 4.99. The van der Waals surface area contributed by atoms with Gasteiger partial charge in [-0.05, 0) is 12.1 Å². The highest BCUT2D eigenvalue weighted by Crippen LogP contribution is 2.32. The van der Waals surface area contributed by atoms with Crippen LogP contribution in [0.15, 0.2) is 18.2 Å². The summed E-state index contributed by atoms with van der Waals surface area (Å²) in [7, 11) is 1.65. The maximum absolute atomic E-state index is 14.1. The van der Waals surface area contributed by atoms with Crippen molar-refractivity contribution in [3.8, 4) is 0 Å². The summed E-state index contributed by atoms with van der Waals surface area (Å²) in [4.78, 5) is 0. The molecule has 0 spiro atoms. The lowest BCUT2D eigenvalue weighted by atomic mass is 9.90. The number of fused-ring (bicyclic) bond motifs is 1. The van der Waals surface area contributed by atoms with Crippen LogP contribution in [-0.4, -0.2) is 46.3 Å². The van der Waals surface area contributed by atoms with Crippen LogP contribution in [0.3, 0.4) is 0 Å². The van der Waals surface area contributed by atoms with Gasteiger partial charge in [0, 0.05) is 29.6 Å². The molecule has 0 saturated heterocycles. The minimum Gasteiger partial charge on any atom is -0.395 e. The van der Waals surface area contributed by atoms with Crippen LogP contribution in [0.5, 0.6) is 0 Å². The number of anilines is 1. The third-order valence-corrected chi connectivity index (χ3v) is 3.95. The van der Waals surface area contributed by atoms with Crippen molar-refractivity contribution < 1.29 is 19.7 Å². The summed E-state index contributed by atoms with van der Waals surface area (Å²) in [6.07, 6.45) is -0.948. The number of hydrogen-bond acceptors (Lipinski definition) is 4. The standard InChI is InChI=1S/C16H23FN2O3/c1-16(2,9-21)15-5-10-4-13(18-3)12(17)6-14(10)19(15)7-11(22)8-20/h4-6,11,18,20-22H,7-9H2,1-3H3. The number of nitrogens with zero attached hydrogens (tertiary/aromatic N) is 1. The van der Waals surface area contributed by atoms with Gasteiger partial charge >= 0.3 is 0 Å². The number of benzene rings is 1. The molecule has 1 aromatic heterocycles. The number of halogens is 1. The second-order valence-electron chi connectivity index (χ2n) is 6.16. The maximum Gasteiger partial charge on any atom is 0.148 e. The lowest BCUT2D eigenvalue weighted by Crippen LogP contribution is -2.29. The first-order valence-electron chi connectivity index (χ1n) is 7.25. The van der Waals surface area contributed by atoms with Gasteiger partial charge in [-0.15, -0.1) is 0 Å². The van der Waals surface area contributed by atoms with Crippen LogP contribution in [0, 0.1) is 5.82 Å². The van der Waals surface area contributed by atoms with Crippen molar-refractivity contribution in [2.45, 2.75) is 31.9 Å². The number of aliphatic hydroxyl groups is 3. The van der Waals surface area contributed by atoms with E-state index in [2.05, 4.69) is 5.32 Å². The lowest BCUT2D eigenvalue weighted by molar-refractivity contribution is 0.0802. The summed E-state index contributed by atoms with van der Waals surface area (Å²) >= 11 is 0. The Kier molecular flexibility index (Phi) is 4.75. The molecular weight excluding hydrogens is 287 g/mol. The molecular formula is C16H23FN2O3. The van der Waals surface area contributed by atoms with Gasteiger partial charge in [-0.3, -0.25) is 0 Å². The van der Waals surface area contributed by atoms with Crippen LogP contribution in [0.4, 0.5) is 10.1 Å². The lowest BCUT2D eigenvalue weighted by Gasteiger charge is -2.25. The largest absolute Gasteiger partial charge is 0.395 e. The fourth-order valence-electron chi connectivity index (χ4n) is 2.58. The van der Waals surface area contributed by atoms with Crippen molar-refractivity contribution in [3.05, 3.63) is 29.7 Å². The predicted octanol–water partition coefficient (Wildman–Crippen LogP) is 1.45. The highest BCUT2D eigenvalue weighted by atomic mass is 19.1. The highest BCUT2D eigenvalue weighted by molar-refractivity contribution is 5.85. The number of nitrogens with one attached hydrogen (secondary N) is 1.